The highest BCUT2D eigenvalue weighted by Crippen LogP contribution is 1.98. The molecule has 0 heterocycles. The smallest absolute Gasteiger partial charge is 0.265 e. The standard InChI is InChI=1S/C5H12O4S/c1-5(3-9-2)4-10(6,7)8/h5H,3-4H2,1-2H3,(H,6,7,8). The molecule has 0 bridgehead atoms. The van der Waals surface area contributed by atoms with E-state index in [1.165, 1.54) is 7.11 Å². The van der Waals surface area contributed by atoms with Crippen LogP contribution in [0.2, 0.25) is 0 Å². The van der Waals surface area contributed by atoms with Crippen molar-refractivity contribution in [3.63, 3.8) is 0 Å². The molecule has 0 aromatic carbocycles. The number of hydrogen-bond donors (Lipinski definition) is 1. The van der Waals surface area contributed by atoms with Gasteiger partial charge in [0, 0.05) is 13.7 Å². The van der Waals surface area contributed by atoms with Crippen LogP contribution in [-0.2, 0) is 14.9 Å². The van der Waals surface area contributed by atoms with Gasteiger partial charge in [-0.1, -0.05) is 6.92 Å². The Hall–Kier alpha value is -0.130. The van der Waals surface area contributed by atoms with Crippen LogP contribution >= 0.6 is 0 Å². The normalized spacial score (nSPS) is 15.1. The van der Waals surface area contributed by atoms with E-state index in [9.17, 15) is 8.42 Å². The Morgan fingerprint density at radius 3 is 2.40 bits per heavy atom. The highest BCUT2D eigenvalue weighted by atomic mass is 32.2. The minimum Gasteiger partial charge on any atom is -0.384 e. The largest absolute Gasteiger partial charge is 0.384 e. The molecule has 0 aromatic heterocycles. The molecule has 0 spiro atoms. The molecule has 0 aliphatic rings. The van der Waals surface area contributed by atoms with Crippen LogP contribution in [0.4, 0.5) is 0 Å². The molecule has 0 amide bonds. The van der Waals surface area contributed by atoms with Crippen LogP contribution in [0.5, 0.6) is 0 Å². The topological polar surface area (TPSA) is 63.6 Å². The van der Waals surface area contributed by atoms with Crippen LogP contribution in [0, 0.1) is 5.92 Å². The molecule has 1 N–H and O–H groups in total. The zero-order valence-electron chi connectivity index (χ0n) is 6.07. The van der Waals surface area contributed by atoms with Crippen molar-refractivity contribution in [3.05, 3.63) is 0 Å². The lowest BCUT2D eigenvalue weighted by Crippen LogP contribution is -2.16. The van der Waals surface area contributed by atoms with Gasteiger partial charge in [-0.3, -0.25) is 4.55 Å². The van der Waals surface area contributed by atoms with Gasteiger partial charge in [-0.25, -0.2) is 0 Å². The first-order chi connectivity index (χ1) is 4.45. The van der Waals surface area contributed by atoms with Crippen molar-refractivity contribution in [1.82, 2.24) is 0 Å². The predicted octanol–water partition coefficient (Wildman–Crippen LogP) is 0.157. The van der Waals surface area contributed by atoms with E-state index in [0.29, 0.717) is 6.61 Å². The highest BCUT2D eigenvalue weighted by molar-refractivity contribution is 7.85. The van der Waals surface area contributed by atoms with Crippen molar-refractivity contribution in [2.75, 3.05) is 19.5 Å². The lowest BCUT2D eigenvalue weighted by atomic mass is 10.2. The number of hydrogen-bond acceptors (Lipinski definition) is 3. The first-order valence-electron chi connectivity index (χ1n) is 2.90. The molecule has 0 aromatic rings. The van der Waals surface area contributed by atoms with Gasteiger partial charge in [0.05, 0.1) is 5.75 Å². The van der Waals surface area contributed by atoms with Gasteiger partial charge in [0.25, 0.3) is 10.1 Å². The molecule has 0 aliphatic heterocycles. The average Bonchev–Trinajstić information content (AvgIpc) is 1.59. The first-order valence-corrected chi connectivity index (χ1v) is 4.50. The Bertz CT molecular complexity index is 172. The van der Waals surface area contributed by atoms with Gasteiger partial charge in [-0.15, -0.1) is 0 Å². The van der Waals surface area contributed by atoms with Gasteiger partial charge in [0.15, 0.2) is 0 Å². The summed E-state index contributed by atoms with van der Waals surface area (Å²) in [6, 6.07) is 0. The van der Waals surface area contributed by atoms with Gasteiger partial charge < -0.3 is 4.74 Å². The van der Waals surface area contributed by atoms with E-state index in [2.05, 4.69) is 4.74 Å². The summed E-state index contributed by atoms with van der Waals surface area (Å²) in [6.07, 6.45) is 0. The zero-order chi connectivity index (χ0) is 8.20. The van der Waals surface area contributed by atoms with E-state index >= 15 is 0 Å². The van der Waals surface area contributed by atoms with Crippen LogP contribution in [0.25, 0.3) is 0 Å². The summed E-state index contributed by atoms with van der Waals surface area (Å²) in [5, 5.41) is 0. The molecule has 0 aliphatic carbocycles. The van der Waals surface area contributed by atoms with Crippen molar-refractivity contribution in [3.8, 4) is 0 Å². The molecular formula is C5H12O4S. The van der Waals surface area contributed by atoms with Crippen LogP contribution in [0.1, 0.15) is 6.92 Å². The molecule has 0 radical (unpaired) electrons. The Morgan fingerprint density at radius 1 is 1.60 bits per heavy atom. The molecule has 1 atom stereocenters. The fourth-order valence-electron chi connectivity index (χ4n) is 0.692. The van der Waals surface area contributed by atoms with E-state index in [1.807, 2.05) is 0 Å². The molecule has 4 nitrogen and oxygen atoms in total. The summed E-state index contributed by atoms with van der Waals surface area (Å²) >= 11 is 0. The minimum atomic E-state index is -3.83. The third kappa shape index (κ3) is 6.00. The lowest BCUT2D eigenvalue weighted by molar-refractivity contribution is 0.167. The van der Waals surface area contributed by atoms with Crippen LogP contribution in [-0.4, -0.2) is 32.4 Å². The maximum absolute atomic E-state index is 10.2. The summed E-state index contributed by atoms with van der Waals surface area (Å²) < 4.78 is 33.4. The van der Waals surface area contributed by atoms with E-state index in [4.69, 9.17) is 4.55 Å². The van der Waals surface area contributed by atoms with Gasteiger partial charge in [0.1, 0.15) is 0 Å². The molecular weight excluding hydrogens is 156 g/mol. The third-order valence-electron chi connectivity index (χ3n) is 0.946. The Morgan fingerprint density at radius 2 is 2.10 bits per heavy atom. The predicted molar refractivity (Wildman–Crippen MR) is 37.5 cm³/mol. The molecule has 10 heavy (non-hydrogen) atoms. The van der Waals surface area contributed by atoms with Crippen molar-refractivity contribution < 1.29 is 17.7 Å². The van der Waals surface area contributed by atoms with E-state index < -0.39 is 10.1 Å². The third-order valence-corrected chi connectivity index (χ3v) is 1.94. The van der Waals surface area contributed by atoms with E-state index in [1.54, 1.807) is 6.92 Å². The van der Waals surface area contributed by atoms with E-state index in [-0.39, 0.29) is 11.7 Å². The van der Waals surface area contributed by atoms with Gasteiger partial charge in [-0.05, 0) is 5.92 Å². The fraction of sp³-hybridized carbons (Fsp3) is 1.00. The number of methoxy groups -OCH3 is 1. The van der Waals surface area contributed by atoms with Gasteiger partial charge in [0.2, 0.25) is 0 Å². The second-order valence-corrected chi connectivity index (χ2v) is 3.81. The highest BCUT2D eigenvalue weighted by Gasteiger charge is 2.11. The molecule has 5 heteroatoms. The second kappa shape index (κ2) is 3.90. The fourth-order valence-corrected chi connectivity index (χ4v) is 1.51. The molecule has 0 fully saturated rings. The second-order valence-electron chi connectivity index (χ2n) is 2.31. The molecule has 0 saturated heterocycles. The average molecular weight is 168 g/mol. The molecule has 62 valence electrons. The van der Waals surface area contributed by atoms with Crippen LogP contribution < -0.4 is 0 Å². The first kappa shape index (κ1) is 9.87. The van der Waals surface area contributed by atoms with Crippen molar-refractivity contribution in [1.29, 1.82) is 0 Å². The monoisotopic (exact) mass is 168 g/mol. The maximum Gasteiger partial charge on any atom is 0.265 e. The summed E-state index contributed by atoms with van der Waals surface area (Å²) in [5.41, 5.74) is 0. The minimum absolute atomic E-state index is 0.153. The summed E-state index contributed by atoms with van der Waals surface area (Å²) in [7, 11) is -2.34. The summed E-state index contributed by atoms with van der Waals surface area (Å²) in [5.74, 6) is -0.388. The Kier molecular flexibility index (Phi) is 3.85. The lowest BCUT2D eigenvalue weighted by Gasteiger charge is -2.05. The molecule has 0 saturated carbocycles. The number of ether oxygens (including phenoxy) is 1. The van der Waals surface area contributed by atoms with Gasteiger partial charge in [-0.2, -0.15) is 8.42 Å². The van der Waals surface area contributed by atoms with Crippen molar-refractivity contribution in [2.24, 2.45) is 5.92 Å². The Balaban J connectivity index is 3.69. The van der Waals surface area contributed by atoms with Crippen molar-refractivity contribution in [2.45, 2.75) is 6.92 Å². The maximum atomic E-state index is 10.2. The van der Waals surface area contributed by atoms with E-state index in [0.717, 1.165) is 0 Å². The zero-order valence-corrected chi connectivity index (χ0v) is 6.89. The number of rotatable bonds is 4. The summed E-state index contributed by atoms with van der Waals surface area (Å²) in [4.78, 5) is 0. The SMILES string of the molecule is COCC(C)CS(=O)(=O)O. The van der Waals surface area contributed by atoms with Crippen LogP contribution in [0.3, 0.4) is 0 Å². The quantitative estimate of drug-likeness (QED) is 0.607. The summed E-state index contributed by atoms with van der Waals surface area (Å²) in [6.45, 7) is 2.04. The Labute approximate surface area is 60.9 Å². The van der Waals surface area contributed by atoms with Crippen LogP contribution in [0.15, 0.2) is 0 Å². The molecule has 1 unspecified atom stereocenters. The van der Waals surface area contributed by atoms with Crippen molar-refractivity contribution >= 4 is 10.1 Å². The van der Waals surface area contributed by atoms with Gasteiger partial charge >= 0.3 is 0 Å². The molecule has 0 rings (SSSR count).